The summed E-state index contributed by atoms with van der Waals surface area (Å²) in [6.07, 6.45) is 2.93. The lowest BCUT2D eigenvalue weighted by atomic mass is 9.84. The summed E-state index contributed by atoms with van der Waals surface area (Å²) < 4.78 is 24.6. The molecule has 0 radical (unpaired) electrons. The van der Waals surface area contributed by atoms with Crippen LogP contribution in [-0.4, -0.2) is 43.7 Å². The number of hydrogen-bond acceptors (Lipinski definition) is 4. The van der Waals surface area contributed by atoms with E-state index in [1.807, 2.05) is 0 Å². The van der Waals surface area contributed by atoms with Gasteiger partial charge in [0.1, 0.15) is 11.6 Å². The molecule has 0 aliphatic carbocycles. The maximum absolute atomic E-state index is 14.3. The Morgan fingerprint density at radius 2 is 2.35 bits per heavy atom. The highest BCUT2D eigenvalue weighted by Crippen LogP contribution is 2.31. The van der Waals surface area contributed by atoms with Gasteiger partial charge in [-0.2, -0.15) is 0 Å². The number of carbonyl (C=O) groups is 2. The molecule has 2 amide bonds. The van der Waals surface area contributed by atoms with Crippen LogP contribution in [0.25, 0.3) is 0 Å². The second-order valence-corrected chi connectivity index (χ2v) is 7.09. The summed E-state index contributed by atoms with van der Waals surface area (Å²) in [5.74, 6) is -0.0221. The minimum atomic E-state index is -0.587. The number of rotatable bonds is 7. The molecule has 6 nitrogen and oxygen atoms in total. The summed E-state index contributed by atoms with van der Waals surface area (Å²) in [6.45, 7) is 1.21. The SMILES string of the molecule is COc1ccc(C[C@]2(CCC(=O)N[C@H]3CCOC3)CCC(=O)N2)c(F)c1. The number of hydrogen-bond donors (Lipinski definition) is 2. The molecule has 0 unspecified atom stereocenters. The molecular weight excluding hydrogens is 339 g/mol. The topological polar surface area (TPSA) is 76.7 Å². The van der Waals surface area contributed by atoms with Gasteiger partial charge in [-0.25, -0.2) is 4.39 Å². The van der Waals surface area contributed by atoms with Crippen LogP contribution in [0, 0.1) is 5.82 Å². The van der Waals surface area contributed by atoms with Crippen molar-refractivity contribution in [3.8, 4) is 5.75 Å². The molecule has 2 atom stereocenters. The summed E-state index contributed by atoms with van der Waals surface area (Å²) in [5, 5.41) is 5.93. The number of carbonyl (C=O) groups excluding carboxylic acids is 2. The Labute approximate surface area is 152 Å². The predicted octanol–water partition coefficient (Wildman–Crippen LogP) is 1.71. The van der Waals surface area contributed by atoms with Gasteiger partial charge in [0.25, 0.3) is 0 Å². The van der Waals surface area contributed by atoms with Gasteiger partial charge in [0, 0.05) is 31.1 Å². The Bertz CT molecular complexity index is 676. The van der Waals surface area contributed by atoms with Gasteiger partial charge >= 0.3 is 0 Å². The number of halogens is 1. The number of benzene rings is 1. The third-order valence-electron chi connectivity index (χ3n) is 5.15. The first-order valence-corrected chi connectivity index (χ1v) is 9.00. The van der Waals surface area contributed by atoms with E-state index >= 15 is 0 Å². The Balaban J connectivity index is 1.64. The van der Waals surface area contributed by atoms with E-state index in [4.69, 9.17) is 9.47 Å². The van der Waals surface area contributed by atoms with Gasteiger partial charge < -0.3 is 20.1 Å². The summed E-state index contributed by atoms with van der Waals surface area (Å²) in [6, 6.07) is 4.79. The van der Waals surface area contributed by atoms with Crippen molar-refractivity contribution in [1.82, 2.24) is 10.6 Å². The summed E-state index contributed by atoms with van der Waals surface area (Å²) in [5.41, 5.74) is -0.0756. The number of nitrogens with one attached hydrogen (secondary N) is 2. The molecule has 2 aliphatic heterocycles. The molecule has 0 aromatic heterocycles. The van der Waals surface area contributed by atoms with E-state index in [2.05, 4.69) is 10.6 Å². The molecule has 0 bridgehead atoms. The molecule has 2 fully saturated rings. The van der Waals surface area contributed by atoms with Crippen LogP contribution in [0.2, 0.25) is 0 Å². The van der Waals surface area contributed by atoms with Crippen molar-refractivity contribution in [2.45, 2.75) is 50.1 Å². The summed E-state index contributed by atoms with van der Waals surface area (Å²) >= 11 is 0. The summed E-state index contributed by atoms with van der Waals surface area (Å²) in [4.78, 5) is 24.0. The van der Waals surface area contributed by atoms with Crippen molar-refractivity contribution in [3.05, 3.63) is 29.6 Å². The molecule has 2 saturated heterocycles. The lowest BCUT2D eigenvalue weighted by Gasteiger charge is -2.29. The summed E-state index contributed by atoms with van der Waals surface area (Å²) in [7, 11) is 1.49. The monoisotopic (exact) mass is 364 g/mol. The lowest BCUT2D eigenvalue weighted by molar-refractivity contribution is -0.123. The number of methoxy groups -OCH3 is 1. The quantitative estimate of drug-likeness (QED) is 0.772. The van der Waals surface area contributed by atoms with E-state index in [0.29, 0.717) is 50.2 Å². The normalized spacial score (nSPS) is 25.2. The molecule has 2 aliphatic rings. The maximum Gasteiger partial charge on any atom is 0.220 e. The molecular formula is C19H25FN2O4. The molecule has 142 valence electrons. The first-order chi connectivity index (χ1) is 12.5. The average Bonchev–Trinajstić information content (AvgIpc) is 3.25. The van der Waals surface area contributed by atoms with E-state index < -0.39 is 5.54 Å². The van der Waals surface area contributed by atoms with Gasteiger partial charge in [-0.3, -0.25) is 9.59 Å². The molecule has 3 rings (SSSR count). The van der Waals surface area contributed by atoms with Crippen LogP contribution in [0.5, 0.6) is 5.75 Å². The average molecular weight is 364 g/mol. The van der Waals surface area contributed by atoms with Crippen LogP contribution in [-0.2, 0) is 20.7 Å². The van der Waals surface area contributed by atoms with Crippen molar-refractivity contribution in [3.63, 3.8) is 0 Å². The zero-order valence-corrected chi connectivity index (χ0v) is 15.0. The number of amides is 2. The van der Waals surface area contributed by atoms with E-state index in [1.165, 1.54) is 13.2 Å². The van der Waals surface area contributed by atoms with Crippen LogP contribution < -0.4 is 15.4 Å². The third-order valence-corrected chi connectivity index (χ3v) is 5.15. The molecule has 7 heteroatoms. The number of ether oxygens (including phenoxy) is 2. The van der Waals surface area contributed by atoms with Crippen molar-refractivity contribution < 1.29 is 23.5 Å². The van der Waals surface area contributed by atoms with Crippen LogP contribution in [0.3, 0.4) is 0 Å². The van der Waals surface area contributed by atoms with Crippen molar-refractivity contribution in [2.75, 3.05) is 20.3 Å². The van der Waals surface area contributed by atoms with Gasteiger partial charge in [-0.15, -0.1) is 0 Å². The third kappa shape index (κ3) is 4.52. The first-order valence-electron chi connectivity index (χ1n) is 9.00. The smallest absolute Gasteiger partial charge is 0.220 e. The van der Waals surface area contributed by atoms with Gasteiger partial charge in [0.15, 0.2) is 0 Å². The second-order valence-electron chi connectivity index (χ2n) is 7.09. The van der Waals surface area contributed by atoms with Crippen molar-refractivity contribution in [2.24, 2.45) is 0 Å². The van der Waals surface area contributed by atoms with Gasteiger partial charge in [-0.05, 0) is 37.3 Å². The minimum absolute atomic E-state index is 0.0523. The standard InChI is InChI=1S/C19H25FN2O4/c1-25-15-3-2-13(16(20)10-15)11-19(8-5-18(24)22-19)7-4-17(23)21-14-6-9-26-12-14/h2-3,10,14H,4-9,11-12H2,1H3,(H,21,23)(H,22,24)/t14-,19-/m0/s1. The van der Waals surface area contributed by atoms with Crippen LogP contribution >= 0.6 is 0 Å². The fourth-order valence-corrected chi connectivity index (χ4v) is 3.65. The largest absolute Gasteiger partial charge is 0.497 e. The molecule has 26 heavy (non-hydrogen) atoms. The lowest BCUT2D eigenvalue weighted by Crippen LogP contribution is -2.45. The highest BCUT2D eigenvalue weighted by molar-refractivity contribution is 5.80. The molecule has 1 aromatic carbocycles. The van der Waals surface area contributed by atoms with E-state index in [1.54, 1.807) is 12.1 Å². The highest BCUT2D eigenvalue weighted by atomic mass is 19.1. The van der Waals surface area contributed by atoms with Crippen LogP contribution in [0.4, 0.5) is 4.39 Å². The zero-order valence-electron chi connectivity index (χ0n) is 15.0. The van der Waals surface area contributed by atoms with E-state index in [0.717, 1.165) is 6.42 Å². The van der Waals surface area contributed by atoms with Gasteiger partial charge in [0.05, 0.1) is 19.8 Å². The fraction of sp³-hybridized carbons (Fsp3) is 0.579. The zero-order chi connectivity index (χ0) is 18.6. The van der Waals surface area contributed by atoms with Gasteiger partial charge in [0.2, 0.25) is 11.8 Å². The maximum atomic E-state index is 14.3. The van der Waals surface area contributed by atoms with Crippen molar-refractivity contribution >= 4 is 11.8 Å². The Hall–Kier alpha value is -2.15. The molecule has 2 N–H and O–H groups in total. The van der Waals surface area contributed by atoms with Crippen molar-refractivity contribution in [1.29, 1.82) is 0 Å². The highest BCUT2D eigenvalue weighted by Gasteiger charge is 2.38. The molecule has 0 saturated carbocycles. The Morgan fingerprint density at radius 1 is 1.50 bits per heavy atom. The van der Waals surface area contributed by atoms with E-state index in [9.17, 15) is 14.0 Å². The first kappa shape index (κ1) is 18.6. The second kappa shape index (κ2) is 8.03. The van der Waals surface area contributed by atoms with E-state index in [-0.39, 0.29) is 30.1 Å². The minimum Gasteiger partial charge on any atom is -0.497 e. The van der Waals surface area contributed by atoms with Crippen LogP contribution in [0.15, 0.2) is 18.2 Å². The van der Waals surface area contributed by atoms with Crippen LogP contribution in [0.1, 0.15) is 37.7 Å². The molecule has 0 spiro atoms. The Kier molecular flexibility index (Phi) is 5.76. The fourth-order valence-electron chi connectivity index (χ4n) is 3.65. The molecule has 1 aromatic rings. The molecule has 2 heterocycles. The van der Waals surface area contributed by atoms with Gasteiger partial charge in [-0.1, -0.05) is 6.07 Å². The predicted molar refractivity (Wildman–Crippen MR) is 93.4 cm³/mol. The Morgan fingerprint density at radius 3 is 2.96 bits per heavy atom.